The molecule has 0 aromatic carbocycles. The lowest BCUT2D eigenvalue weighted by atomic mass is 10.8. The molecule has 0 radical (unpaired) electrons. The molecule has 48 valence electrons. The SMILES string of the molecule is C=COC(C)=O.CBr. The fourth-order valence-corrected chi connectivity index (χ4v) is 0.117. The summed E-state index contributed by atoms with van der Waals surface area (Å²) in [6.45, 7) is 4.48. The van der Waals surface area contributed by atoms with Crippen LogP contribution in [0.25, 0.3) is 0 Å². The summed E-state index contributed by atoms with van der Waals surface area (Å²) in [4.78, 5) is 9.75. The highest BCUT2D eigenvalue weighted by atomic mass is 79.9. The average Bonchev–Trinajstić information content (AvgIpc) is 1.72. The van der Waals surface area contributed by atoms with E-state index >= 15 is 0 Å². The lowest BCUT2D eigenvalue weighted by molar-refractivity contribution is -0.135. The molecule has 0 fully saturated rings. The Morgan fingerprint density at radius 2 is 2.12 bits per heavy atom. The first-order chi connectivity index (χ1) is 3.77. The molecule has 0 heterocycles. The standard InChI is InChI=1S/C4H6O2.CH3Br/c1-3-6-4(2)5;1-2/h3H,1H2,2H3;1H3. The molecule has 0 saturated heterocycles. The van der Waals surface area contributed by atoms with Gasteiger partial charge in [-0.2, -0.15) is 0 Å². The van der Waals surface area contributed by atoms with E-state index in [-0.39, 0.29) is 5.97 Å². The number of carbonyl (C=O) groups is 1. The number of carbonyl (C=O) groups excluding carboxylic acids is 1. The smallest absolute Gasteiger partial charge is 0.307 e. The number of esters is 1. The maximum atomic E-state index is 9.75. The molecular formula is C5H9BrO2. The van der Waals surface area contributed by atoms with E-state index in [0.717, 1.165) is 6.26 Å². The Labute approximate surface area is 57.7 Å². The number of hydrogen-bond acceptors (Lipinski definition) is 2. The predicted octanol–water partition coefficient (Wildman–Crippen LogP) is 1.70. The Morgan fingerprint density at radius 3 is 2.12 bits per heavy atom. The molecule has 0 N–H and O–H groups in total. The fourth-order valence-electron chi connectivity index (χ4n) is 0.117. The lowest BCUT2D eigenvalue weighted by Crippen LogP contribution is -1.87. The number of hydrogen-bond donors (Lipinski definition) is 0. The molecule has 0 aliphatic carbocycles. The largest absolute Gasteiger partial charge is 0.435 e. The van der Waals surface area contributed by atoms with Gasteiger partial charge in [0.05, 0.1) is 6.26 Å². The van der Waals surface area contributed by atoms with Gasteiger partial charge in [-0.25, -0.2) is 0 Å². The molecule has 0 spiro atoms. The number of ether oxygens (including phenoxy) is 1. The molecule has 3 heteroatoms. The van der Waals surface area contributed by atoms with Crippen LogP contribution in [0.1, 0.15) is 6.92 Å². The number of halogens is 1. The van der Waals surface area contributed by atoms with Gasteiger partial charge in [-0.05, 0) is 5.83 Å². The Balaban J connectivity index is 0. The van der Waals surface area contributed by atoms with Crippen LogP contribution in [0.3, 0.4) is 0 Å². The van der Waals surface area contributed by atoms with Crippen molar-refractivity contribution in [1.29, 1.82) is 0 Å². The van der Waals surface area contributed by atoms with Crippen LogP contribution in [0.4, 0.5) is 0 Å². The Bertz CT molecular complexity index is 70.8. The molecule has 0 bridgehead atoms. The second-order valence-corrected chi connectivity index (χ2v) is 0.776. The van der Waals surface area contributed by atoms with Crippen LogP contribution in [0.2, 0.25) is 0 Å². The quantitative estimate of drug-likeness (QED) is 0.349. The third kappa shape index (κ3) is 17.3. The van der Waals surface area contributed by atoms with Gasteiger partial charge in [-0.15, -0.1) is 0 Å². The van der Waals surface area contributed by atoms with Gasteiger partial charge in [0.1, 0.15) is 0 Å². The van der Waals surface area contributed by atoms with Crippen molar-refractivity contribution in [1.82, 2.24) is 0 Å². The summed E-state index contributed by atoms with van der Waals surface area (Å²) in [5.74, 6) is 1.48. The van der Waals surface area contributed by atoms with Crippen LogP contribution >= 0.6 is 15.9 Å². The topological polar surface area (TPSA) is 26.3 Å². The first kappa shape index (κ1) is 10.6. The van der Waals surface area contributed by atoms with Crippen LogP contribution in [0.5, 0.6) is 0 Å². The first-order valence-corrected chi connectivity index (χ1v) is 3.52. The summed E-state index contributed by atoms with van der Waals surface area (Å²) in [6, 6.07) is 0. The third-order valence-electron chi connectivity index (χ3n) is 0.249. The van der Waals surface area contributed by atoms with Crippen LogP contribution in [-0.4, -0.2) is 11.8 Å². The zero-order valence-corrected chi connectivity index (χ0v) is 6.56. The van der Waals surface area contributed by atoms with Crippen molar-refractivity contribution in [3.8, 4) is 0 Å². The molecule has 2 nitrogen and oxygen atoms in total. The van der Waals surface area contributed by atoms with Crippen molar-refractivity contribution in [3.63, 3.8) is 0 Å². The second-order valence-electron chi connectivity index (χ2n) is 0.776. The number of alkyl halides is 1. The molecule has 0 amide bonds. The third-order valence-corrected chi connectivity index (χ3v) is 0.249. The Hall–Kier alpha value is -0.310. The molecule has 8 heavy (non-hydrogen) atoms. The molecule has 0 saturated carbocycles. The highest BCUT2D eigenvalue weighted by molar-refractivity contribution is 9.08. The van der Waals surface area contributed by atoms with Crippen LogP contribution in [-0.2, 0) is 9.53 Å². The summed E-state index contributed by atoms with van der Waals surface area (Å²) in [7, 11) is 0. The summed E-state index contributed by atoms with van der Waals surface area (Å²) in [5.41, 5.74) is 0. The molecule has 0 unspecified atom stereocenters. The zero-order valence-electron chi connectivity index (χ0n) is 4.98. The first-order valence-electron chi connectivity index (χ1n) is 1.93. The van der Waals surface area contributed by atoms with E-state index in [9.17, 15) is 4.79 Å². The minimum atomic E-state index is -0.329. The maximum absolute atomic E-state index is 9.75. The van der Waals surface area contributed by atoms with Gasteiger partial charge in [-0.1, -0.05) is 22.5 Å². The highest BCUT2D eigenvalue weighted by Crippen LogP contribution is 1.70. The van der Waals surface area contributed by atoms with E-state index in [1.807, 2.05) is 5.83 Å². The van der Waals surface area contributed by atoms with Crippen molar-refractivity contribution in [2.24, 2.45) is 0 Å². The van der Waals surface area contributed by atoms with Crippen molar-refractivity contribution in [3.05, 3.63) is 12.8 Å². The Morgan fingerprint density at radius 1 is 1.75 bits per heavy atom. The normalized spacial score (nSPS) is 5.88. The van der Waals surface area contributed by atoms with Crippen molar-refractivity contribution >= 4 is 21.9 Å². The van der Waals surface area contributed by atoms with E-state index in [0.29, 0.717) is 0 Å². The predicted molar refractivity (Wildman–Crippen MR) is 36.8 cm³/mol. The summed E-state index contributed by atoms with van der Waals surface area (Å²) >= 11 is 2.94. The second kappa shape index (κ2) is 9.85. The van der Waals surface area contributed by atoms with Crippen molar-refractivity contribution in [2.75, 3.05) is 5.83 Å². The van der Waals surface area contributed by atoms with Crippen LogP contribution < -0.4 is 0 Å². The van der Waals surface area contributed by atoms with Crippen molar-refractivity contribution in [2.45, 2.75) is 6.92 Å². The fraction of sp³-hybridized carbons (Fsp3) is 0.400. The molecule has 0 rings (SSSR count). The molecular weight excluding hydrogens is 172 g/mol. The monoisotopic (exact) mass is 180 g/mol. The van der Waals surface area contributed by atoms with Crippen LogP contribution in [0, 0.1) is 0 Å². The van der Waals surface area contributed by atoms with Crippen LogP contribution in [0.15, 0.2) is 12.8 Å². The molecule has 0 aromatic heterocycles. The molecule has 0 aliphatic rings. The van der Waals surface area contributed by atoms with Gasteiger partial charge < -0.3 is 4.74 Å². The van der Waals surface area contributed by atoms with Crippen molar-refractivity contribution < 1.29 is 9.53 Å². The van der Waals surface area contributed by atoms with Gasteiger partial charge in [0.25, 0.3) is 0 Å². The average molecular weight is 181 g/mol. The lowest BCUT2D eigenvalue weighted by Gasteiger charge is -1.83. The maximum Gasteiger partial charge on any atom is 0.307 e. The van der Waals surface area contributed by atoms with Gasteiger partial charge in [0, 0.05) is 6.92 Å². The summed E-state index contributed by atoms with van der Waals surface area (Å²) in [6.07, 6.45) is 1.10. The number of rotatable bonds is 1. The van der Waals surface area contributed by atoms with Gasteiger partial charge in [-0.3, -0.25) is 4.79 Å². The summed E-state index contributed by atoms with van der Waals surface area (Å²) in [5, 5.41) is 0. The summed E-state index contributed by atoms with van der Waals surface area (Å²) < 4.78 is 4.17. The van der Waals surface area contributed by atoms with E-state index in [2.05, 4.69) is 27.2 Å². The van der Waals surface area contributed by atoms with Gasteiger partial charge in [0.2, 0.25) is 0 Å². The van der Waals surface area contributed by atoms with Gasteiger partial charge >= 0.3 is 5.97 Å². The van der Waals surface area contributed by atoms with E-state index in [1.165, 1.54) is 6.92 Å². The van der Waals surface area contributed by atoms with E-state index in [4.69, 9.17) is 0 Å². The van der Waals surface area contributed by atoms with E-state index < -0.39 is 0 Å². The minimum Gasteiger partial charge on any atom is -0.435 e. The molecule has 0 aliphatic heterocycles. The van der Waals surface area contributed by atoms with E-state index in [1.54, 1.807) is 0 Å². The Kier molecular flexibility index (Phi) is 13.1. The van der Waals surface area contributed by atoms with Gasteiger partial charge in [0.15, 0.2) is 0 Å². The highest BCUT2D eigenvalue weighted by Gasteiger charge is 1.79. The molecule has 0 atom stereocenters. The zero-order chi connectivity index (χ0) is 6.99. The minimum absolute atomic E-state index is 0.329. The molecule has 0 aromatic rings.